The summed E-state index contributed by atoms with van der Waals surface area (Å²) in [4.78, 5) is 0.861. The minimum Gasteiger partial charge on any atom is -0.317 e. The number of hydrogen-bond donors (Lipinski definition) is 1. The molecule has 0 atom stereocenters. The lowest BCUT2D eigenvalue weighted by atomic mass is 10.4. The van der Waals surface area contributed by atoms with Gasteiger partial charge in [-0.2, -0.15) is 0 Å². The van der Waals surface area contributed by atoms with E-state index >= 15 is 0 Å². The molecule has 12 heavy (non-hydrogen) atoms. The van der Waals surface area contributed by atoms with E-state index in [4.69, 9.17) is 17.3 Å². The van der Waals surface area contributed by atoms with Crippen molar-refractivity contribution in [3.63, 3.8) is 0 Å². The van der Waals surface area contributed by atoms with Crippen LogP contribution in [0, 0.1) is 0 Å². The van der Waals surface area contributed by atoms with Crippen LogP contribution in [0.2, 0.25) is 5.02 Å². The summed E-state index contributed by atoms with van der Waals surface area (Å²) in [6.07, 6.45) is 0. The van der Waals surface area contributed by atoms with Crippen LogP contribution in [0.15, 0.2) is 29.2 Å². The minimum absolute atomic E-state index is 0.245. The Morgan fingerprint density at radius 3 is 2.58 bits per heavy atom. The van der Waals surface area contributed by atoms with E-state index in [1.807, 2.05) is 38.1 Å². The van der Waals surface area contributed by atoms with E-state index in [0.717, 1.165) is 9.92 Å². The van der Waals surface area contributed by atoms with Gasteiger partial charge in [0.15, 0.2) is 0 Å². The Bertz CT molecular complexity index is 267. The first-order valence-electron chi connectivity index (χ1n) is 3.71. The van der Waals surface area contributed by atoms with E-state index in [2.05, 4.69) is 0 Å². The maximum atomic E-state index is 5.84. The molecule has 0 amide bonds. The third-order valence-corrected chi connectivity index (χ3v) is 2.43. The molecular formula is C9H12ClNS. The summed E-state index contributed by atoms with van der Waals surface area (Å²) in [5, 5.41) is 0.754. The number of benzene rings is 1. The molecule has 66 valence electrons. The largest absolute Gasteiger partial charge is 0.317 e. The third-order valence-electron chi connectivity index (χ3n) is 1.18. The lowest BCUT2D eigenvalue weighted by Crippen LogP contribution is -2.26. The predicted molar refractivity (Wildman–Crippen MR) is 55.6 cm³/mol. The van der Waals surface area contributed by atoms with Gasteiger partial charge in [0.25, 0.3) is 0 Å². The first-order chi connectivity index (χ1) is 5.47. The molecule has 2 N–H and O–H groups in total. The lowest BCUT2D eigenvalue weighted by molar-refractivity contribution is 0.758. The molecular weight excluding hydrogens is 190 g/mol. The van der Waals surface area contributed by atoms with E-state index in [1.165, 1.54) is 0 Å². The molecule has 0 saturated heterocycles. The minimum atomic E-state index is -0.245. The second-order valence-electron chi connectivity index (χ2n) is 3.16. The van der Waals surface area contributed by atoms with Gasteiger partial charge in [-0.25, -0.2) is 0 Å². The Balaban J connectivity index is 2.77. The highest BCUT2D eigenvalue weighted by molar-refractivity contribution is 8.00. The molecule has 0 heterocycles. The fourth-order valence-corrected chi connectivity index (χ4v) is 2.03. The molecule has 0 bridgehead atoms. The van der Waals surface area contributed by atoms with Gasteiger partial charge >= 0.3 is 0 Å². The number of rotatable bonds is 2. The zero-order chi connectivity index (χ0) is 9.19. The Hall–Kier alpha value is -0.180. The van der Waals surface area contributed by atoms with Crippen molar-refractivity contribution in [3.05, 3.63) is 29.3 Å². The van der Waals surface area contributed by atoms with Crippen LogP contribution in [0.25, 0.3) is 0 Å². The number of nitrogens with two attached hydrogens (primary N) is 1. The maximum absolute atomic E-state index is 5.84. The van der Waals surface area contributed by atoms with Crippen LogP contribution in [0.5, 0.6) is 0 Å². The van der Waals surface area contributed by atoms with Crippen LogP contribution in [-0.4, -0.2) is 4.87 Å². The second-order valence-corrected chi connectivity index (χ2v) is 5.33. The highest BCUT2D eigenvalue weighted by Crippen LogP contribution is 2.29. The summed E-state index contributed by atoms with van der Waals surface area (Å²) in [6.45, 7) is 3.94. The Labute approximate surface area is 82.3 Å². The average Bonchev–Trinajstić information content (AvgIpc) is 1.82. The van der Waals surface area contributed by atoms with Crippen molar-refractivity contribution < 1.29 is 0 Å². The van der Waals surface area contributed by atoms with Crippen LogP contribution in [0.4, 0.5) is 0 Å². The average molecular weight is 202 g/mol. The van der Waals surface area contributed by atoms with Gasteiger partial charge < -0.3 is 5.73 Å². The van der Waals surface area contributed by atoms with Crippen molar-refractivity contribution >= 4 is 23.4 Å². The lowest BCUT2D eigenvalue weighted by Gasteiger charge is -2.17. The van der Waals surface area contributed by atoms with Crippen molar-refractivity contribution in [1.29, 1.82) is 0 Å². The quantitative estimate of drug-likeness (QED) is 0.588. The van der Waals surface area contributed by atoms with Crippen LogP contribution >= 0.6 is 23.4 Å². The zero-order valence-corrected chi connectivity index (χ0v) is 8.75. The molecule has 1 rings (SSSR count). The molecule has 0 aliphatic carbocycles. The monoisotopic (exact) mass is 201 g/mol. The zero-order valence-electron chi connectivity index (χ0n) is 7.17. The van der Waals surface area contributed by atoms with Crippen LogP contribution in [0.3, 0.4) is 0 Å². The second kappa shape index (κ2) is 3.69. The van der Waals surface area contributed by atoms with Crippen molar-refractivity contribution in [2.45, 2.75) is 23.6 Å². The Kier molecular flexibility index (Phi) is 3.04. The van der Waals surface area contributed by atoms with Crippen molar-refractivity contribution in [1.82, 2.24) is 0 Å². The molecule has 3 heteroatoms. The molecule has 1 aromatic rings. The van der Waals surface area contributed by atoms with Gasteiger partial charge in [-0.05, 0) is 32.0 Å². The summed E-state index contributed by atoms with van der Waals surface area (Å²) in [6, 6.07) is 7.71. The molecule has 0 fully saturated rings. The van der Waals surface area contributed by atoms with Crippen LogP contribution < -0.4 is 5.73 Å². The molecule has 1 aromatic carbocycles. The normalized spacial score (nSPS) is 11.7. The van der Waals surface area contributed by atoms with Crippen molar-refractivity contribution in [2.75, 3.05) is 0 Å². The first kappa shape index (κ1) is 9.90. The maximum Gasteiger partial charge on any atom is 0.0609 e. The summed E-state index contributed by atoms with van der Waals surface area (Å²) in [5.74, 6) is 0. The van der Waals surface area contributed by atoms with Gasteiger partial charge in [0, 0.05) is 9.92 Å². The van der Waals surface area contributed by atoms with E-state index in [0.29, 0.717) is 0 Å². The van der Waals surface area contributed by atoms with Crippen molar-refractivity contribution in [2.24, 2.45) is 5.73 Å². The van der Waals surface area contributed by atoms with Gasteiger partial charge in [-0.1, -0.05) is 17.7 Å². The summed E-state index contributed by atoms with van der Waals surface area (Å²) in [7, 11) is 0. The highest BCUT2D eigenvalue weighted by Gasteiger charge is 2.11. The van der Waals surface area contributed by atoms with Gasteiger partial charge in [-0.3, -0.25) is 0 Å². The molecule has 0 aromatic heterocycles. The van der Waals surface area contributed by atoms with E-state index in [-0.39, 0.29) is 4.87 Å². The molecule has 0 saturated carbocycles. The molecule has 0 aliphatic heterocycles. The van der Waals surface area contributed by atoms with E-state index < -0.39 is 0 Å². The summed E-state index contributed by atoms with van der Waals surface area (Å²) >= 11 is 7.43. The number of halogens is 1. The van der Waals surface area contributed by atoms with Gasteiger partial charge in [-0.15, -0.1) is 11.8 Å². The molecule has 0 radical (unpaired) electrons. The summed E-state index contributed by atoms with van der Waals surface area (Å²) in [5.41, 5.74) is 5.84. The Morgan fingerprint density at radius 2 is 2.08 bits per heavy atom. The standard InChI is InChI=1S/C9H12ClNS/c1-9(2,11)12-8-5-3-4-7(10)6-8/h3-6H,11H2,1-2H3. The van der Waals surface area contributed by atoms with Gasteiger partial charge in [0.2, 0.25) is 0 Å². The van der Waals surface area contributed by atoms with E-state index in [1.54, 1.807) is 11.8 Å². The fourth-order valence-electron chi connectivity index (χ4n) is 0.834. The van der Waals surface area contributed by atoms with E-state index in [9.17, 15) is 0 Å². The summed E-state index contributed by atoms with van der Waals surface area (Å²) < 4.78 is 0. The Morgan fingerprint density at radius 1 is 1.42 bits per heavy atom. The van der Waals surface area contributed by atoms with Gasteiger partial charge in [0.1, 0.15) is 0 Å². The molecule has 1 nitrogen and oxygen atoms in total. The fraction of sp³-hybridized carbons (Fsp3) is 0.333. The van der Waals surface area contributed by atoms with Crippen molar-refractivity contribution in [3.8, 4) is 0 Å². The molecule has 0 spiro atoms. The number of hydrogen-bond acceptors (Lipinski definition) is 2. The smallest absolute Gasteiger partial charge is 0.0609 e. The third kappa shape index (κ3) is 3.48. The number of thioether (sulfide) groups is 1. The topological polar surface area (TPSA) is 26.0 Å². The van der Waals surface area contributed by atoms with Gasteiger partial charge in [0.05, 0.1) is 4.87 Å². The molecule has 0 unspecified atom stereocenters. The first-order valence-corrected chi connectivity index (χ1v) is 4.90. The van der Waals surface area contributed by atoms with Crippen LogP contribution in [0.1, 0.15) is 13.8 Å². The van der Waals surface area contributed by atoms with Crippen LogP contribution in [-0.2, 0) is 0 Å². The highest BCUT2D eigenvalue weighted by atomic mass is 35.5. The predicted octanol–water partition coefficient (Wildman–Crippen LogP) is 3.13. The molecule has 0 aliphatic rings. The SMILES string of the molecule is CC(C)(N)Sc1cccc(Cl)c1.